The maximum Gasteiger partial charge on any atom is 0.404 e. The summed E-state index contributed by atoms with van der Waals surface area (Å²) >= 11 is 0. The average molecular weight is 401 g/mol. The number of piperazine rings is 1. The number of benzene rings is 2. The van der Waals surface area contributed by atoms with Crippen molar-refractivity contribution in [1.29, 1.82) is 0 Å². The van der Waals surface area contributed by atoms with Crippen molar-refractivity contribution in [2.24, 2.45) is 5.73 Å². The van der Waals surface area contributed by atoms with Gasteiger partial charge in [-0.2, -0.15) is 0 Å². The highest BCUT2D eigenvalue weighted by molar-refractivity contribution is 5.64. The van der Waals surface area contributed by atoms with Crippen LogP contribution >= 0.6 is 0 Å². The molecule has 2 aromatic rings. The Morgan fingerprint density at radius 2 is 1.79 bits per heavy atom. The van der Waals surface area contributed by atoms with Crippen LogP contribution in [0.2, 0.25) is 0 Å². The number of ether oxygens (including phenoxy) is 2. The van der Waals surface area contributed by atoms with Gasteiger partial charge in [-0.05, 0) is 36.8 Å². The van der Waals surface area contributed by atoms with E-state index >= 15 is 0 Å². The zero-order chi connectivity index (χ0) is 20.6. The van der Waals surface area contributed by atoms with Crippen LogP contribution in [-0.2, 0) is 4.74 Å². The molecule has 0 spiro atoms. The largest absolute Gasteiger partial charge is 0.492 e. The van der Waals surface area contributed by atoms with Crippen molar-refractivity contribution in [2.75, 3.05) is 44.3 Å². The molecule has 0 radical (unpaired) electrons. The van der Waals surface area contributed by atoms with Gasteiger partial charge in [0, 0.05) is 38.6 Å². The van der Waals surface area contributed by atoms with E-state index in [4.69, 9.17) is 15.2 Å². The number of para-hydroxylation sites is 2. The van der Waals surface area contributed by atoms with Gasteiger partial charge in [-0.15, -0.1) is 0 Å². The van der Waals surface area contributed by atoms with Crippen molar-refractivity contribution in [1.82, 2.24) is 4.90 Å². The quantitative estimate of drug-likeness (QED) is 0.732. The van der Waals surface area contributed by atoms with E-state index < -0.39 is 6.09 Å². The van der Waals surface area contributed by atoms with Gasteiger partial charge >= 0.3 is 6.09 Å². The van der Waals surface area contributed by atoms with Gasteiger partial charge in [-0.3, -0.25) is 4.90 Å². The predicted molar refractivity (Wildman–Crippen MR) is 111 cm³/mol. The summed E-state index contributed by atoms with van der Waals surface area (Å²) in [5.74, 6) is 0.631. The Hall–Kier alpha value is -2.80. The molecule has 6 nitrogen and oxygen atoms in total. The molecule has 1 fully saturated rings. The summed E-state index contributed by atoms with van der Waals surface area (Å²) in [4.78, 5) is 15.6. The molecule has 2 N–H and O–H groups in total. The summed E-state index contributed by atoms with van der Waals surface area (Å²) in [6, 6.07) is 14.6. The van der Waals surface area contributed by atoms with E-state index in [9.17, 15) is 9.18 Å². The van der Waals surface area contributed by atoms with Crippen LogP contribution in [0.3, 0.4) is 0 Å². The van der Waals surface area contributed by atoms with Crippen molar-refractivity contribution in [3.8, 4) is 5.75 Å². The highest BCUT2D eigenvalue weighted by Crippen LogP contribution is 2.31. The lowest BCUT2D eigenvalue weighted by atomic mass is 10.0. The monoisotopic (exact) mass is 401 g/mol. The van der Waals surface area contributed by atoms with Crippen LogP contribution in [0.15, 0.2) is 48.5 Å². The van der Waals surface area contributed by atoms with E-state index in [2.05, 4.69) is 15.9 Å². The average Bonchev–Trinajstić information content (AvgIpc) is 2.73. The standard InChI is InChI=1S/C22H28FN3O3/c1-2-28-21-6-4-3-5-20(21)26-14-12-25(13-15-26)19(11-16-29-22(24)27)17-7-9-18(23)10-8-17/h3-10,19H,2,11-16H2,1H3,(H2,24,27). The number of hydrogen-bond acceptors (Lipinski definition) is 5. The summed E-state index contributed by atoms with van der Waals surface area (Å²) in [6.07, 6.45) is -0.176. The zero-order valence-electron chi connectivity index (χ0n) is 16.7. The molecule has 1 amide bonds. The zero-order valence-corrected chi connectivity index (χ0v) is 16.7. The second kappa shape index (κ2) is 10.1. The molecule has 0 aromatic heterocycles. The van der Waals surface area contributed by atoms with Crippen LogP contribution in [0, 0.1) is 5.82 Å². The van der Waals surface area contributed by atoms with Crippen LogP contribution in [-0.4, -0.2) is 50.4 Å². The number of anilines is 1. The highest BCUT2D eigenvalue weighted by atomic mass is 19.1. The number of carbonyl (C=O) groups excluding carboxylic acids is 1. The molecule has 7 heteroatoms. The van der Waals surface area contributed by atoms with Crippen molar-refractivity contribution in [2.45, 2.75) is 19.4 Å². The van der Waals surface area contributed by atoms with E-state index in [-0.39, 0.29) is 18.5 Å². The SMILES string of the molecule is CCOc1ccccc1N1CCN(C(CCOC(N)=O)c2ccc(F)cc2)CC1. The van der Waals surface area contributed by atoms with E-state index in [0.717, 1.165) is 43.2 Å². The smallest absolute Gasteiger partial charge is 0.404 e. The number of amides is 1. The summed E-state index contributed by atoms with van der Waals surface area (Å²) in [5, 5.41) is 0. The Labute approximate surface area is 171 Å². The molecule has 1 saturated heterocycles. The number of primary amides is 1. The normalized spacial score (nSPS) is 15.7. The lowest BCUT2D eigenvalue weighted by Crippen LogP contribution is -2.48. The molecular formula is C22H28FN3O3. The third-order valence-corrected chi connectivity index (χ3v) is 5.15. The second-order valence-electron chi connectivity index (χ2n) is 6.95. The second-order valence-corrected chi connectivity index (χ2v) is 6.95. The lowest BCUT2D eigenvalue weighted by Gasteiger charge is -2.40. The van der Waals surface area contributed by atoms with Crippen molar-refractivity contribution >= 4 is 11.8 Å². The van der Waals surface area contributed by atoms with Gasteiger partial charge in [0.1, 0.15) is 11.6 Å². The van der Waals surface area contributed by atoms with Gasteiger partial charge in [0.05, 0.1) is 18.9 Å². The van der Waals surface area contributed by atoms with Gasteiger partial charge in [0.15, 0.2) is 0 Å². The minimum Gasteiger partial charge on any atom is -0.492 e. The molecule has 0 bridgehead atoms. The predicted octanol–water partition coefficient (Wildman–Crippen LogP) is 3.57. The van der Waals surface area contributed by atoms with E-state index in [1.165, 1.54) is 12.1 Å². The van der Waals surface area contributed by atoms with Crippen LogP contribution < -0.4 is 15.4 Å². The Morgan fingerprint density at radius 3 is 2.45 bits per heavy atom. The summed E-state index contributed by atoms with van der Waals surface area (Å²) in [6.45, 7) is 6.19. The number of nitrogens with two attached hydrogens (primary N) is 1. The first-order valence-corrected chi connectivity index (χ1v) is 9.97. The first-order chi connectivity index (χ1) is 14.1. The fourth-order valence-corrected chi connectivity index (χ4v) is 3.79. The fourth-order valence-electron chi connectivity index (χ4n) is 3.79. The Kier molecular flexibility index (Phi) is 7.30. The molecule has 0 saturated carbocycles. The number of rotatable bonds is 8. The molecule has 29 heavy (non-hydrogen) atoms. The number of carbonyl (C=O) groups is 1. The molecule has 1 aliphatic rings. The summed E-state index contributed by atoms with van der Waals surface area (Å²) in [7, 11) is 0. The minimum absolute atomic E-state index is 0.0271. The molecule has 1 atom stereocenters. The molecule has 1 unspecified atom stereocenters. The molecule has 1 heterocycles. The topological polar surface area (TPSA) is 68.0 Å². The number of halogens is 1. The van der Waals surface area contributed by atoms with Crippen LogP contribution in [0.1, 0.15) is 24.9 Å². The maximum atomic E-state index is 13.4. The van der Waals surface area contributed by atoms with Crippen LogP contribution in [0.4, 0.5) is 14.9 Å². The fraction of sp³-hybridized carbons (Fsp3) is 0.409. The first-order valence-electron chi connectivity index (χ1n) is 9.97. The van der Waals surface area contributed by atoms with Crippen molar-refractivity contribution < 1.29 is 18.7 Å². The van der Waals surface area contributed by atoms with Gasteiger partial charge in [-0.25, -0.2) is 9.18 Å². The van der Waals surface area contributed by atoms with Crippen LogP contribution in [0.25, 0.3) is 0 Å². The Bertz CT molecular complexity index is 792. The molecule has 3 rings (SSSR count). The lowest BCUT2D eigenvalue weighted by molar-refractivity contribution is 0.122. The highest BCUT2D eigenvalue weighted by Gasteiger charge is 2.26. The van der Waals surface area contributed by atoms with Crippen molar-refractivity contribution in [3.63, 3.8) is 0 Å². The molecule has 156 valence electrons. The number of hydrogen-bond donors (Lipinski definition) is 1. The molecular weight excluding hydrogens is 373 g/mol. The third-order valence-electron chi connectivity index (χ3n) is 5.15. The minimum atomic E-state index is -0.778. The van der Waals surface area contributed by atoms with Gasteiger partial charge < -0.3 is 20.1 Å². The molecule has 0 aliphatic carbocycles. The number of nitrogens with zero attached hydrogens (tertiary/aromatic N) is 2. The molecule has 2 aromatic carbocycles. The summed E-state index contributed by atoms with van der Waals surface area (Å²) in [5.41, 5.74) is 7.20. The van der Waals surface area contributed by atoms with Gasteiger partial charge in [-0.1, -0.05) is 24.3 Å². The van der Waals surface area contributed by atoms with Gasteiger partial charge in [0.2, 0.25) is 0 Å². The van der Waals surface area contributed by atoms with E-state index in [0.29, 0.717) is 13.0 Å². The third kappa shape index (κ3) is 5.60. The van der Waals surface area contributed by atoms with Gasteiger partial charge in [0.25, 0.3) is 0 Å². The van der Waals surface area contributed by atoms with E-state index in [1.807, 2.05) is 25.1 Å². The Balaban J connectivity index is 1.69. The van der Waals surface area contributed by atoms with E-state index in [1.54, 1.807) is 12.1 Å². The first kappa shape index (κ1) is 20.9. The van der Waals surface area contributed by atoms with Crippen molar-refractivity contribution in [3.05, 3.63) is 59.9 Å². The molecule has 1 aliphatic heterocycles. The van der Waals surface area contributed by atoms with Crippen LogP contribution in [0.5, 0.6) is 5.75 Å². The summed E-state index contributed by atoms with van der Waals surface area (Å²) < 4.78 is 24.1. The maximum absolute atomic E-state index is 13.4. The Morgan fingerprint density at radius 1 is 1.10 bits per heavy atom.